The van der Waals surface area contributed by atoms with Crippen LogP contribution in [0.1, 0.15) is 12.8 Å². The summed E-state index contributed by atoms with van der Waals surface area (Å²) in [6.07, 6.45) is 1.85. The second kappa shape index (κ2) is 7.29. The van der Waals surface area contributed by atoms with Crippen molar-refractivity contribution in [3.8, 4) is 0 Å². The maximum atomic E-state index is 5.36. The van der Waals surface area contributed by atoms with E-state index in [0.717, 1.165) is 12.8 Å². The van der Waals surface area contributed by atoms with Gasteiger partial charge < -0.3 is 9.05 Å². The molecule has 0 aliphatic carbocycles. The van der Waals surface area contributed by atoms with E-state index >= 15 is 0 Å². The monoisotopic (exact) mass is 310 g/mol. The Morgan fingerprint density at radius 3 is 1.43 bits per heavy atom. The van der Waals surface area contributed by atoms with Crippen LogP contribution in [0.5, 0.6) is 0 Å². The zero-order valence-electron chi connectivity index (χ0n) is 8.25. The van der Waals surface area contributed by atoms with E-state index in [1.165, 1.54) is 0 Å². The molecule has 0 amide bonds. The molecule has 0 heterocycles. The summed E-state index contributed by atoms with van der Waals surface area (Å²) < 4.78 is 10.7. The van der Waals surface area contributed by atoms with Crippen LogP contribution in [0.2, 0.25) is 0 Å². The van der Waals surface area contributed by atoms with Gasteiger partial charge in [0.25, 0.3) is 0 Å². The van der Waals surface area contributed by atoms with Gasteiger partial charge in [-0.25, -0.2) is 0 Å². The first-order chi connectivity index (χ1) is 6.21. The maximum absolute atomic E-state index is 5.36. The highest BCUT2D eigenvalue weighted by Gasteiger charge is 2.04. The number of hydrogen-bond acceptors (Lipinski definition) is 4. The number of rotatable bonds is 7. The smallest absolute Gasteiger partial charge is 0.113 e. The molecule has 0 aromatic carbocycles. The van der Waals surface area contributed by atoms with Crippen LogP contribution in [0.4, 0.5) is 0 Å². The third-order valence-corrected chi connectivity index (χ3v) is 3.85. The Kier molecular flexibility index (Phi) is 8.28. The van der Waals surface area contributed by atoms with Gasteiger partial charge in [-0.05, 0) is 26.2 Å². The molecule has 0 aliphatic rings. The van der Waals surface area contributed by atoms with E-state index in [1.54, 1.807) is 0 Å². The van der Waals surface area contributed by atoms with Gasteiger partial charge in [0.1, 0.15) is 10.9 Å². The van der Waals surface area contributed by atoms with Gasteiger partial charge >= 0.3 is 0 Å². The molecule has 0 radical (unpaired) electrons. The van der Waals surface area contributed by atoms with Crippen molar-refractivity contribution in [2.45, 2.75) is 12.8 Å². The summed E-state index contributed by atoms with van der Waals surface area (Å²) in [5.41, 5.74) is -3.58. The summed E-state index contributed by atoms with van der Waals surface area (Å²) in [6, 6.07) is 0. The minimum Gasteiger partial charge on any atom is -0.342 e. The second-order valence-corrected chi connectivity index (χ2v) is 17.1. The number of hydrogen-bond donors (Lipinski definition) is 2. The van der Waals surface area contributed by atoms with Crippen molar-refractivity contribution in [1.29, 1.82) is 0 Å². The molecule has 0 saturated carbocycles. The van der Waals surface area contributed by atoms with Crippen molar-refractivity contribution in [3.63, 3.8) is 0 Å². The molecular weight excluding hydrogens is 294 g/mol. The van der Waals surface area contributed by atoms with Crippen molar-refractivity contribution in [2.24, 2.45) is 0 Å². The summed E-state index contributed by atoms with van der Waals surface area (Å²) in [4.78, 5) is 0. The highest BCUT2D eigenvalue weighted by molar-refractivity contribution is 8.61. The Morgan fingerprint density at radius 2 is 1.21 bits per heavy atom. The van der Waals surface area contributed by atoms with Crippen LogP contribution in [0, 0.1) is 0 Å². The molecule has 2 nitrogen and oxygen atoms in total. The van der Waals surface area contributed by atoms with E-state index in [0.29, 0.717) is 13.2 Å². The predicted octanol–water partition coefficient (Wildman–Crippen LogP) is 3.54. The molecule has 2 unspecified atom stereocenters. The van der Waals surface area contributed by atoms with Gasteiger partial charge in [0.2, 0.25) is 0 Å². The van der Waals surface area contributed by atoms with Gasteiger partial charge in [0.05, 0.1) is 13.2 Å². The summed E-state index contributed by atoms with van der Waals surface area (Å²) in [7, 11) is 0. The Morgan fingerprint density at radius 1 is 0.929 bits per heavy atom. The fraction of sp³-hybridized carbons (Fsp3) is 1.00. The van der Waals surface area contributed by atoms with E-state index < -0.39 is 10.9 Å². The molecule has 14 heavy (non-hydrogen) atoms. The summed E-state index contributed by atoms with van der Waals surface area (Å²) >= 11 is 18.4. The molecule has 0 aromatic heterocycles. The summed E-state index contributed by atoms with van der Waals surface area (Å²) in [5, 5.41) is 0. The minimum absolute atomic E-state index is 0.653. The van der Waals surface area contributed by atoms with Gasteiger partial charge in [0, 0.05) is 0 Å². The maximum Gasteiger partial charge on any atom is 0.113 e. The first-order valence-corrected chi connectivity index (χ1v) is 12.7. The lowest BCUT2D eigenvalue weighted by molar-refractivity contribution is 0.302. The van der Waals surface area contributed by atoms with E-state index in [1.807, 2.05) is 13.3 Å². The standard InChI is InChI=1S/C6H16O2P2S4/c1-9(11,12)7-5-3-4-6-8-10(2,13)14/h3-6H2,1-2H3,(H,11,12)(H,13,14). The molecule has 0 N–H and O–H groups in total. The van der Waals surface area contributed by atoms with Crippen molar-refractivity contribution < 1.29 is 9.05 Å². The topological polar surface area (TPSA) is 18.5 Å². The van der Waals surface area contributed by atoms with E-state index in [2.05, 4.69) is 24.5 Å². The fourth-order valence-corrected chi connectivity index (χ4v) is 2.54. The normalized spacial score (nSPS) is 20.0. The predicted molar refractivity (Wildman–Crippen MR) is 79.5 cm³/mol. The Labute approximate surface area is 107 Å². The summed E-state index contributed by atoms with van der Waals surface area (Å²) in [5.74, 6) is 0. The van der Waals surface area contributed by atoms with Crippen LogP contribution < -0.4 is 0 Å². The lowest BCUT2D eigenvalue weighted by Crippen LogP contribution is -1.94. The molecule has 86 valence electrons. The van der Waals surface area contributed by atoms with Crippen LogP contribution in [0.15, 0.2) is 0 Å². The second-order valence-electron chi connectivity index (χ2n) is 2.98. The minimum atomic E-state index is -1.79. The van der Waals surface area contributed by atoms with Crippen molar-refractivity contribution >= 4 is 59.0 Å². The molecule has 0 saturated heterocycles. The first kappa shape index (κ1) is 15.9. The Bertz CT molecular complexity index is 220. The van der Waals surface area contributed by atoms with Gasteiger partial charge in [0.15, 0.2) is 0 Å². The van der Waals surface area contributed by atoms with Gasteiger partial charge in [-0.2, -0.15) is 0 Å². The van der Waals surface area contributed by atoms with Crippen molar-refractivity contribution in [3.05, 3.63) is 0 Å². The SMILES string of the molecule is CP(=S)(S)OCCCCOP(C)(=S)S. The van der Waals surface area contributed by atoms with Crippen LogP contribution in [-0.4, -0.2) is 26.5 Å². The zero-order chi connectivity index (χ0) is 11.2. The molecule has 0 bridgehead atoms. The van der Waals surface area contributed by atoms with Gasteiger partial charge in [-0.15, -0.1) is 24.5 Å². The van der Waals surface area contributed by atoms with Crippen LogP contribution in [0.3, 0.4) is 0 Å². The van der Waals surface area contributed by atoms with Crippen molar-refractivity contribution in [1.82, 2.24) is 0 Å². The molecule has 8 heteroatoms. The Hall–Kier alpha value is 1.92. The van der Waals surface area contributed by atoms with Gasteiger partial charge in [-0.3, -0.25) is 0 Å². The zero-order valence-corrected chi connectivity index (χ0v) is 13.5. The lowest BCUT2D eigenvalue weighted by Gasteiger charge is -2.12. The van der Waals surface area contributed by atoms with Crippen LogP contribution in [-0.2, 0) is 32.7 Å². The summed E-state index contributed by atoms with van der Waals surface area (Å²) in [6.45, 7) is 5.00. The number of thiol groups is 2. The largest absolute Gasteiger partial charge is 0.342 e. The molecule has 0 aliphatic heterocycles. The molecule has 0 rings (SSSR count). The number of unbranched alkanes of at least 4 members (excludes halogenated alkanes) is 1. The average molecular weight is 310 g/mol. The quantitative estimate of drug-likeness (QED) is 0.425. The molecule has 0 aromatic rings. The molecule has 2 atom stereocenters. The lowest BCUT2D eigenvalue weighted by atomic mass is 10.3. The highest BCUT2D eigenvalue weighted by atomic mass is 32.9. The molecular formula is C6H16O2P2S4. The fourth-order valence-electron chi connectivity index (χ4n) is 0.672. The average Bonchev–Trinajstić information content (AvgIpc) is 1.92. The van der Waals surface area contributed by atoms with E-state index in [4.69, 9.17) is 32.7 Å². The van der Waals surface area contributed by atoms with E-state index in [9.17, 15) is 0 Å². The molecule has 0 fully saturated rings. The molecule has 0 spiro atoms. The third-order valence-electron chi connectivity index (χ3n) is 1.20. The van der Waals surface area contributed by atoms with E-state index in [-0.39, 0.29) is 0 Å². The van der Waals surface area contributed by atoms with Gasteiger partial charge in [-0.1, -0.05) is 23.6 Å². The van der Waals surface area contributed by atoms with Crippen molar-refractivity contribution in [2.75, 3.05) is 26.5 Å². The highest BCUT2D eigenvalue weighted by Crippen LogP contribution is 2.48. The van der Waals surface area contributed by atoms with Crippen LogP contribution in [0.25, 0.3) is 0 Å². The van der Waals surface area contributed by atoms with Crippen LogP contribution >= 0.6 is 35.4 Å². The first-order valence-electron chi connectivity index (χ1n) is 4.10. The Balaban J connectivity index is 3.32. The third kappa shape index (κ3) is 13.9.